The second kappa shape index (κ2) is 8.16. The Hall–Kier alpha value is -0.0800. The van der Waals surface area contributed by atoms with Gasteiger partial charge in [-0.3, -0.25) is 0 Å². The van der Waals surface area contributed by atoms with Crippen molar-refractivity contribution >= 4 is 0 Å². The summed E-state index contributed by atoms with van der Waals surface area (Å²) >= 11 is 0. The molecule has 108 valence electrons. The molecule has 1 aliphatic carbocycles. The van der Waals surface area contributed by atoms with E-state index in [2.05, 4.69) is 33.1 Å². The van der Waals surface area contributed by atoms with E-state index in [-0.39, 0.29) is 5.60 Å². The molecule has 1 saturated carbocycles. The molecule has 0 aromatic carbocycles. The van der Waals surface area contributed by atoms with Gasteiger partial charge in [-0.2, -0.15) is 0 Å². The largest absolute Gasteiger partial charge is 0.374 e. The lowest BCUT2D eigenvalue weighted by Gasteiger charge is -2.43. The lowest BCUT2D eigenvalue weighted by molar-refractivity contribution is -0.0892. The summed E-state index contributed by atoms with van der Waals surface area (Å²) in [5.74, 6) is 0.736. The van der Waals surface area contributed by atoms with Crippen LogP contribution in [0.4, 0.5) is 0 Å². The highest BCUT2D eigenvalue weighted by molar-refractivity contribution is 4.97. The Kier molecular flexibility index (Phi) is 7.25. The topological polar surface area (TPSA) is 21.3 Å². The lowest BCUT2D eigenvalue weighted by atomic mass is 9.77. The first-order valence-corrected chi connectivity index (χ1v) is 8.05. The zero-order valence-corrected chi connectivity index (χ0v) is 12.9. The molecule has 0 spiro atoms. The van der Waals surface area contributed by atoms with Crippen LogP contribution in [-0.2, 0) is 4.74 Å². The summed E-state index contributed by atoms with van der Waals surface area (Å²) < 4.78 is 6.33. The smallest absolute Gasteiger partial charge is 0.0837 e. The van der Waals surface area contributed by atoms with Crippen molar-refractivity contribution in [3.05, 3.63) is 0 Å². The molecule has 0 amide bonds. The molecular formula is C16H33NO. The maximum atomic E-state index is 6.33. The van der Waals surface area contributed by atoms with E-state index in [1.807, 2.05) is 0 Å². The van der Waals surface area contributed by atoms with Crippen molar-refractivity contribution in [1.82, 2.24) is 5.32 Å². The summed E-state index contributed by atoms with van der Waals surface area (Å²) in [5.41, 5.74) is 0.0939. The fourth-order valence-electron chi connectivity index (χ4n) is 3.85. The van der Waals surface area contributed by atoms with Crippen LogP contribution in [0.15, 0.2) is 0 Å². The SMILES string of the molecule is CCOC1(C(NC)C(CC)CC)CCCCCC1. The highest BCUT2D eigenvalue weighted by atomic mass is 16.5. The Morgan fingerprint density at radius 3 is 1.94 bits per heavy atom. The molecule has 2 nitrogen and oxygen atoms in total. The molecule has 18 heavy (non-hydrogen) atoms. The van der Waals surface area contributed by atoms with Crippen molar-refractivity contribution < 1.29 is 4.74 Å². The fourth-order valence-corrected chi connectivity index (χ4v) is 3.85. The molecule has 1 rings (SSSR count). The molecule has 1 atom stereocenters. The Balaban J connectivity index is 2.90. The molecule has 0 aromatic heterocycles. The van der Waals surface area contributed by atoms with Gasteiger partial charge in [-0.05, 0) is 32.7 Å². The lowest BCUT2D eigenvalue weighted by Crippen LogP contribution is -2.55. The summed E-state index contributed by atoms with van der Waals surface area (Å²) in [4.78, 5) is 0. The Morgan fingerprint density at radius 2 is 1.56 bits per heavy atom. The van der Waals surface area contributed by atoms with Crippen LogP contribution >= 0.6 is 0 Å². The van der Waals surface area contributed by atoms with E-state index in [0.717, 1.165) is 12.5 Å². The molecule has 0 aromatic rings. The van der Waals surface area contributed by atoms with E-state index >= 15 is 0 Å². The predicted molar refractivity (Wildman–Crippen MR) is 79.0 cm³/mol. The van der Waals surface area contributed by atoms with Crippen LogP contribution in [0.1, 0.15) is 72.1 Å². The van der Waals surface area contributed by atoms with Crippen LogP contribution in [0.25, 0.3) is 0 Å². The van der Waals surface area contributed by atoms with Crippen LogP contribution in [0.2, 0.25) is 0 Å². The second-order valence-corrected chi connectivity index (χ2v) is 5.75. The van der Waals surface area contributed by atoms with E-state index in [4.69, 9.17) is 4.74 Å². The third kappa shape index (κ3) is 3.71. The maximum Gasteiger partial charge on any atom is 0.0837 e. The van der Waals surface area contributed by atoms with Gasteiger partial charge in [0, 0.05) is 12.6 Å². The number of nitrogens with one attached hydrogen (secondary N) is 1. The molecule has 0 aliphatic heterocycles. The molecule has 1 aliphatic rings. The van der Waals surface area contributed by atoms with Crippen molar-refractivity contribution in [2.24, 2.45) is 5.92 Å². The average molecular weight is 255 g/mol. The van der Waals surface area contributed by atoms with Gasteiger partial charge in [0.2, 0.25) is 0 Å². The van der Waals surface area contributed by atoms with Crippen LogP contribution in [0, 0.1) is 5.92 Å². The van der Waals surface area contributed by atoms with Gasteiger partial charge < -0.3 is 10.1 Å². The summed E-state index contributed by atoms with van der Waals surface area (Å²) in [7, 11) is 2.12. The van der Waals surface area contributed by atoms with E-state index in [1.165, 1.54) is 51.4 Å². The molecule has 0 bridgehead atoms. The minimum atomic E-state index is 0.0939. The van der Waals surface area contributed by atoms with Gasteiger partial charge >= 0.3 is 0 Å². The molecule has 1 N–H and O–H groups in total. The number of hydrogen-bond donors (Lipinski definition) is 1. The van der Waals surface area contributed by atoms with Crippen LogP contribution in [0.5, 0.6) is 0 Å². The third-order valence-corrected chi connectivity index (χ3v) is 4.78. The first-order valence-electron chi connectivity index (χ1n) is 8.05. The minimum absolute atomic E-state index is 0.0939. The quantitative estimate of drug-likeness (QED) is 0.690. The first kappa shape index (κ1) is 16.0. The van der Waals surface area contributed by atoms with Crippen molar-refractivity contribution in [2.45, 2.75) is 83.8 Å². The number of rotatable bonds is 7. The normalized spacial score (nSPS) is 21.8. The highest BCUT2D eigenvalue weighted by Gasteiger charge is 2.41. The van der Waals surface area contributed by atoms with Gasteiger partial charge in [0.1, 0.15) is 0 Å². The number of likely N-dealkylation sites (N-methyl/N-ethyl adjacent to an activating group) is 1. The third-order valence-electron chi connectivity index (χ3n) is 4.78. The van der Waals surface area contributed by atoms with Crippen molar-refractivity contribution in [3.8, 4) is 0 Å². The van der Waals surface area contributed by atoms with Gasteiger partial charge in [-0.25, -0.2) is 0 Å². The standard InChI is InChI=1S/C16H33NO/c1-5-14(6-2)15(17-4)16(18-7-3)12-10-8-9-11-13-16/h14-15,17H,5-13H2,1-4H3. The molecule has 0 heterocycles. The monoisotopic (exact) mass is 255 g/mol. The summed E-state index contributed by atoms with van der Waals surface area (Å²) in [5, 5.41) is 3.60. The fraction of sp³-hybridized carbons (Fsp3) is 1.00. The Labute approximate surface area is 114 Å². The van der Waals surface area contributed by atoms with Crippen molar-refractivity contribution in [3.63, 3.8) is 0 Å². The van der Waals surface area contributed by atoms with E-state index in [9.17, 15) is 0 Å². The van der Waals surface area contributed by atoms with Crippen LogP contribution in [0.3, 0.4) is 0 Å². The molecule has 0 saturated heterocycles. The zero-order valence-electron chi connectivity index (χ0n) is 12.9. The summed E-state index contributed by atoms with van der Waals surface area (Å²) in [6.07, 6.45) is 10.4. The highest BCUT2D eigenvalue weighted by Crippen LogP contribution is 2.37. The Bertz CT molecular complexity index is 205. The molecule has 1 fully saturated rings. The van der Waals surface area contributed by atoms with Crippen molar-refractivity contribution in [1.29, 1.82) is 0 Å². The second-order valence-electron chi connectivity index (χ2n) is 5.75. The number of hydrogen-bond acceptors (Lipinski definition) is 2. The summed E-state index contributed by atoms with van der Waals surface area (Å²) in [6, 6.07) is 0.519. The van der Waals surface area contributed by atoms with E-state index in [1.54, 1.807) is 0 Å². The molecule has 0 radical (unpaired) electrons. The minimum Gasteiger partial charge on any atom is -0.374 e. The maximum absolute atomic E-state index is 6.33. The molecular weight excluding hydrogens is 222 g/mol. The van der Waals surface area contributed by atoms with E-state index < -0.39 is 0 Å². The number of ether oxygens (including phenoxy) is 1. The molecule has 2 heteroatoms. The zero-order chi connectivity index (χ0) is 13.4. The van der Waals surface area contributed by atoms with Gasteiger partial charge in [0.05, 0.1) is 5.60 Å². The van der Waals surface area contributed by atoms with Crippen LogP contribution in [-0.4, -0.2) is 25.3 Å². The Morgan fingerprint density at radius 1 is 1.00 bits per heavy atom. The summed E-state index contributed by atoms with van der Waals surface area (Å²) in [6.45, 7) is 7.62. The van der Waals surface area contributed by atoms with Gasteiger partial charge in [0.15, 0.2) is 0 Å². The average Bonchev–Trinajstić information content (AvgIpc) is 2.62. The van der Waals surface area contributed by atoms with Crippen molar-refractivity contribution in [2.75, 3.05) is 13.7 Å². The van der Waals surface area contributed by atoms with Gasteiger partial charge in [-0.1, -0.05) is 52.4 Å². The van der Waals surface area contributed by atoms with Crippen LogP contribution < -0.4 is 5.32 Å². The predicted octanol–water partition coefficient (Wildman–Crippen LogP) is 4.14. The van der Waals surface area contributed by atoms with E-state index in [0.29, 0.717) is 6.04 Å². The van der Waals surface area contributed by atoms with Gasteiger partial charge in [0.25, 0.3) is 0 Å². The molecule has 1 unspecified atom stereocenters. The van der Waals surface area contributed by atoms with Gasteiger partial charge in [-0.15, -0.1) is 0 Å². The first-order chi connectivity index (χ1) is 8.74.